The van der Waals surface area contributed by atoms with Crippen LogP contribution in [0.3, 0.4) is 0 Å². The van der Waals surface area contributed by atoms with Gasteiger partial charge in [-0.2, -0.15) is 13.2 Å². The fourth-order valence-electron chi connectivity index (χ4n) is 1.11. The minimum absolute atomic E-state index is 0.332. The van der Waals surface area contributed by atoms with Crippen LogP contribution in [0.25, 0.3) is 0 Å². The van der Waals surface area contributed by atoms with Gasteiger partial charge in [0.15, 0.2) is 0 Å². The lowest BCUT2D eigenvalue weighted by atomic mass is 10.1. The van der Waals surface area contributed by atoms with E-state index in [-0.39, 0.29) is 6.54 Å². The van der Waals surface area contributed by atoms with Gasteiger partial charge >= 0.3 is 12.1 Å². The summed E-state index contributed by atoms with van der Waals surface area (Å²) in [5.41, 5.74) is 4.88. The van der Waals surface area contributed by atoms with E-state index in [1.165, 1.54) is 6.92 Å². The van der Waals surface area contributed by atoms with Crippen LogP contribution >= 0.6 is 0 Å². The van der Waals surface area contributed by atoms with Gasteiger partial charge in [-0.3, -0.25) is 14.5 Å². The molecule has 0 heterocycles. The summed E-state index contributed by atoms with van der Waals surface area (Å²) in [6.07, 6.45) is -4.51. The van der Waals surface area contributed by atoms with Crippen LogP contribution in [0.4, 0.5) is 13.2 Å². The number of carbonyl (C=O) groups excluding carboxylic acids is 1. The zero-order chi connectivity index (χ0) is 12.9. The number of nitrogens with two attached hydrogens (primary N) is 1. The number of alkyl halides is 3. The average Bonchev–Trinajstić information content (AvgIpc) is 1.98. The number of nitrogens with zero attached hydrogens (tertiary/aromatic N) is 1. The molecule has 8 heteroatoms. The molecule has 5 nitrogen and oxygen atoms in total. The predicted molar refractivity (Wildman–Crippen MR) is 48.5 cm³/mol. The van der Waals surface area contributed by atoms with Gasteiger partial charge in [-0.05, 0) is 0 Å². The molecular formula is C8H13F3N2O3. The number of rotatable bonds is 6. The molecule has 1 amide bonds. The van der Waals surface area contributed by atoms with Gasteiger partial charge in [0.2, 0.25) is 5.91 Å². The van der Waals surface area contributed by atoms with E-state index in [4.69, 9.17) is 10.8 Å². The van der Waals surface area contributed by atoms with E-state index >= 15 is 0 Å². The van der Waals surface area contributed by atoms with Crippen LogP contribution in [0.5, 0.6) is 0 Å². The molecule has 0 aliphatic rings. The molecule has 0 aliphatic carbocycles. The Labute approximate surface area is 90.0 Å². The lowest BCUT2D eigenvalue weighted by Gasteiger charge is -2.23. The summed E-state index contributed by atoms with van der Waals surface area (Å²) >= 11 is 0. The molecule has 0 saturated carbocycles. The normalized spacial score (nSPS) is 13.8. The standard InChI is InChI=1S/C8H13F3N2O3/c1-5(7(12)16)2-13(3-6(14)15)4-8(9,10)11/h5H,2-4H2,1H3,(H2,12,16)(H,14,15). The van der Waals surface area contributed by atoms with Crippen molar-refractivity contribution in [3.8, 4) is 0 Å². The highest BCUT2D eigenvalue weighted by molar-refractivity contribution is 5.76. The first-order valence-corrected chi connectivity index (χ1v) is 4.42. The topological polar surface area (TPSA) is 83.6 Å². The Hall–Kier alpha value is -1.31. The van der Waals surface area contributed by atoms with Gasteiger partial charge in [-0.25, -0.2) is 0 Å². The smallest absolute Gasteiger partial charge is 0.401 e. The molecule has 3 N–H and O–H groups in total. The van der Waals surface area contributed by atoms with Gasteiger partial charge in [0.25, 0.3) is 0 Å². The Morgan fingerprint density at radius 3 is 2.25 bits per heavy atom. The number of aliphatic carboxylic acids is 1. The summed E-state index contributed by atoms with van der Waals surface area (Å²) in [6, 6.07) is 0. The molecule has 0 aromatic heterocycles. The van der Waals surface area contributed by atoms with Gasteiger partial charge in [0, 0.05) is 12.5 Å². The second-order valence-corrected chi connectivity index (χ2v) is 3.48. The number of carbonyl (C=O) groups is 2. The van der Waals surface area contributed by atoms with E-state index in [9.17, 15) is 22.8 Å². The Bertz CT molecular complexity index is 268. The number of halogens is 3. The molecule has 1 atom stereocenters. The third-order valence-corrected chi connectivity index (χ3v) is 1.78. The van der Waals surface area contributed by atoms with Gasteiger partial charge < -0.3 is 10.8 Å². The van der Waals surface area contributed by atoms with Crippen molar-refractivity contribution in [3.05, 3.63) is 0 Å². The molecular weight excluding hydrogens is 229 g/mol. The van der Waals surface area contributed by atoms with E-state index in [2.05, 4.69) is 0 Å². The largest absolute Gasteiger partial charge is 0.480 e. The number of amides is 1. The fraction of sp³-hybridized carbons (Fsp3) is 0.750. The number of primary amides is 1. The van der Waals surface area contributed by atoms with E-state index in [0.717, 1.165) is 0 Å². The third-order valence-electron chi connectivity index (χ3n) is 1.78. The lowest BCUT2D eigenvalue weighted by molar-refractivity contribution is -0.156. The quantitative estimate of drug-likeness (QED) is 0.689. The molecule has 0 radical (unpaired) electrons. The van der Waals surface area contributed by atoms with Gasteiger partial charge in [-0.15, -0.1) is 0 Å². The maximum absolute atomic E-state index is 12.1. The molecule has 0 fully saturated rings. The van der Waals surface area contributed by atoms with Gasteiger partial charge in [-0.1, -0.05) is 6.92 Å². The number of hydrogen-bond acceptors (Lipinski definition) is 3. The molecule has 0 aromatic carbocycles. The Balaban J connectivity index is 4.43. The van der Waals surface area contributed by atoms with E-state index in [1.54, 1.807) is 0 Å². The summed E-state index contributed by atoms with van der Waals surface area (Å²) in [6.45, 7) is -1.15. The number of carboxylic acids is 1. The maximum atomic E-state index is 12.1. The second kappa shape index (κ2) is 5.69. The first-order chi connectivity index (χ1) is 7.11. The van der Waals surface area contributed by atoms with Crippen molar-refractivity contribution in [2.24, 2.45) is 11.7 Å². The molecule has 0 spiro atoms. The average molecular weight is 242 g/mol. The molecule has 0 aromatic rings. The fourth-order valence-corrected chi connectivity index (χ4v) is 1.11. The van der Waals surface area contributed by atoms with Crippen LogP contribution in [-0.2, 0) is 9.59 Å². The highest BCUT2D eigenvalue weighted by Gasteiger charge is 2.32. The zero-order valence-corrected chi connectivity index (χ0v) is 8.62. The second-order valence-electron chi connectivity index (χ2n) is 3.48. The van der Waals surface area contributed by atoms with Crippen molar-refractivity contribution in [1.82, 2.24) is 4.90 Å². The first kappa shape index (κ1) is 14.7. The van der Waals surface area contributed by atoms with Crippen LogP contribution in [0, 0.1) is 5.92 Å². The molecule has 1 unspecified atom stereocenters. The maximum Gasteiger partial charge on any atom is 0.401 e. The summed E-state index contributed by atoms with van der Waals surface area (Å²) in [5.74, 6) is -2.99. The first-order valence-electron chi connectivity index (χ1n) is 4.42. The minimum atomic E-state index is -4.51. The molecule has 0 saturated heterocycles. The Morgan fingerprint density at radius 1 is 1.44 bits per heavy atom. The van der Waals surface area contributed by atoms with Crippen LogP contribution < -0.4 is 5.73 Å². The van der Waals surface area contributed by atoms with Crippen molar-refractivity contribution in [2.45, 2.75) is 13.1 Å². The van der Waals surface area contributed by atoms with Crippen LogP contribution in [-0.4, -0.2) is 47.7 Å². The SMILES string of the molecule is CC(CN(CC(=O)O)CC(F)(F)F)C(N)=O. The zero-order valence-electron chi connectivity index (χ0n) is 8.62. The molecule has 16 heavy (non-hydrogen) atoms. The van der Waals surface area contributed by atoms with Crippen LogP contribution in [0.2, 0.25) is 0 Å². The van der Waals surface area contributed by atoms with E-state index < -0.39 is 37.1 Å². The Morgan fingerprint density at radius 2 is 1.94 bits per heavy atom. The highest BCUT2D eigenvalue weighted by Crippen LogP contribution is 2.17. The Kier molecular flexibility index (Phi) is 5.22. The molecule has 94 valence electrons. The predicted octanol–water partition coefficient (Wildman–Crippen LogP) is 0.0567. The van der Waals surface area contributed by atoms with Crippen molar-refractivity contribution in [3.63, 3.8) is 0 Å². The van der Waals surface area contributed by atoms with Crippen molar-refractivity contribution >= 4 is 11.9 Å². The summed E-state index contributed by atoms with van der Waals surface area (Å²) < 4.78 is 36.2. The van der Waals surface area contributed by atoms with Crippen LogP contribution in [0.1, 0.15) is 6.92 Å². The summed E-state index contributed by atoms with van der Waals surface area (Å²) in [7, 11) is 0. The van der Waals surface area contributed by atoms with Crippen LogP contribution in [0.15, 0.2) is 0 Å². The lowest BCUT2D eigenvalue weighted by Crippen LogP contribution is -2.42. The van der Waals surface area contributed by atoms with E-state index in [1.807, 2.05) is 0 Å². The highest BCUT2D eigenvalue weighted by atomic mass is 19.4. The number of carboxylic acid groups (broad SMARTS) is 1. The monoisotopic (exact) mass is 242 g/mol. The van der Waals surface area contributed by atoms with Gasteiger partial charge in [0.05, 0.1) is 13.1 Å². The number of hydrogen-bond donors (Lipinski definition) is 2. The molecule has 0 rings (SSSR count). The van der Waals surface area contributed by atoms with Crippen molar-refractivity contribution < 1.29 is 27.9 Å². The minimum Gasteiger partial charge on any atom is -0.480 e. The van der Waals surface area contributed by atoms with Gasteiger partial charge in [0.1, 0.15) is 0 Å². The summed E-state index contributed by atoms with van der Waals surface area (Å²) in [4.78, 5) is 21.6. The van der Waals surface area contributed by atoms with E-state index in [0.29, 0.717) is 4.90 Å². The van der Waals surface area contributed by atoms with Crippen molar-refractivity contribution in [1.29, 1.82) is 0 Å². The summed E-state index contributed by atoms with van der Waals surface area (Å²) in [5, 5.41) is 8.41. The molecule has 0 aliphatic heterocycles. The molecule has 0 bridgehead atoms. The third kappa shape index (κ3) is 7.04. The van der Waals surface area contributed by atoms with Crippen molar-refractivity contribution in [2.75, 3.05) is 19.6 Å².